The maximum absolute atomic E-state index is 12.9. The molecule has 0 fully saturated rings. The zero-order valence-electron chi connectivity index (χ0n) is 15.2. The lowest BCUT2D eigenvalue weighted by Gasteiger charge is -2.12. The van der Waals surface area contributed by atoms with Gasteiger partial charge >= 0.3 is 0 Å². The average Bonchev–Trinajstić information content (AvgIpc) is 2.70. The fourth-order valence-electron chi connectivity index (χ4n) is 2.63. The van der Waals surface area contributed by atoms with Crippen LogP contribution in [0.2, 0.25) is 5.02 Å². The van der Waals surface area contributed by atoms with Gasteiger partial charge in [0.25, 0.3) is 5.91 Å². The number of carbonyl (C=O) groups excluding carboxylic acids is 1. The van der Waals surface area contributed by atoms with Crippen molar-refractivity contribution in [3.8, 4) is 5.75 Å². The molecule has 1 amide bonds. The van der Waals surface area contributed by atoms with Gasteiger partial charge in [-0.05, 0) is 54.4 Å². The van der Waals surface area contributed by atoms with Crippen LogP contribution in [0, 0.1) is 5.82 Å². The van der Waals surface area contributed by atoms with Gasteiger partial charge in [-0.15, -0.1) is 0 Å². The molecule has 1 aromatic heterocycles. The Bertz CT molecular complexity index is 964. The largest absolute Gasteiger partial charge is 0.495 e. The van der Waals surface area contributed by atoms with E-state index >= 15 is 0 Å². The normalized spacial score (nSPS) is 10.4. The molecular weight excluding hydrogens is 381 g/mol. The number of anilines is 2. The standard InChI is InChI=1S/C21H19ClFN3O2/c1-28-20-7-4-15(22)12-18(20)26-17-9-11-24-19(13-17)21(27)25-10-8-14-2-5-16(23)6-3-14/h2-7,9,11-13H,8,10H2,1H3,(H,24,26)(H,25,27). The number of hydrogen-bond acceptors (Lipinski definition) is 4. The number of amides is 1. The third kappa shape index (κ3) is 5.20. The van der Waals surface area contributed by atoms with Crippen LogP contribution in [0.3, 0.4) is 0 Å². The molecule has 7 heteroatoms. The van der Waals surface area contributed by atoms with E-state index in [1.807, 2.05) is 0 Å². The van der Waals surface area contributed by atoms with E-state index < -0.39 is 0 Å². The van der Waals surface area contributed by atoms with Crippen LogP contribution in [0.15, 0.2) is 60.8 Å². The van der Waals surface area contributed by atoms with Crippen molar-refractivity contribution in [2.75, 3.05) is 19.0 Å². The van der Waals surface area contributed by atoms with Gasteiger partial charge in [-0.3, -0.25) is 9.78 Å². The van der Waals surface area contributed by atoms with E-state index in [-0.39, 0.29) is 17.4 Å². The lowest BCUT2D eigenvalue weighted by molar-refractivity contribution is 0.0949. The third-order valence-electron chi connectivity index (χ3n) is 4.05. The molecule has 1 heterocycles. The summed E-state index contributed by atoms with van der Waals surface area (Å²) in [5.41, 5.74) is 2.59. The zero-order valence-corrected chi connectivity index (χ0v) is 16.0. The van der Waals surface area contributed by atoms with Gasteiger partial charge in [0.15, 0.2) is 0 Å². The minimum Gasteiger partial charge on any atom is -0.495 e. The van der Waals surface area contributed by atoms with E-state index in [2.05, 4.69) is 15.6 Å². The topological polar surface area (TPSA) is 63.2 Å². The molecule has 0 unspecified atom stereocenters. The van der Waals surface area contributed by atoms with Crippen molar-refractivity contribution < 1.29 is 13.9 Å². The van der Waals surface area contributed by atoms with Crippen LogP contribution in [-0.4, -0.2) is 24.5 Å². The van der Waals surface area contributed by atoms with Crippen molar-refractivity contribution in [3.63, 3.8) is 0 Å². The number of carbonyl (C=O) groups is 1. The first-order valence-electron chi connectivity index (χ1n) is 8.64. The smallest absolute Gasteiger partial charge is 0.269 e. The first-order chi connectivity index (χ1) is 13.5. The van der Waals surface area contributed by atoms with Crippen LogP contribution in [-0.2, 0) is 6.42 Å². The second-order valence-corrected chi connectivity index (χ2v) is 6.47. The highest BCUT2D eigenvalue weighted by atomic mass is 35.5. The number of nitrogens with zero attached hydrogens (tertiary/aromatic N) is 1. The molecule has 0 spiro atoms. The summed E-state index contributed by atoms with van der Waals surface area (Å²) in [7, 11) is 1.57. The van der Waals surface area contributed by atoms with Crippen LogP contribution in [0.4, 0.5) is 15.8 Å². The molecule has 2 N–H and O–H groups in total. The van der Waals surface area contributed by atoms with E-state index in [1.165, 1.54) is 12.1 Å². The molecule has 0 aliphatic heterocycles. The minimum atomic E-state index is -0.288. The number of rotatable bonds is 7. The second-order valence-electron chi connectivity index (χ2n) is 6.03. The molecular formula is C21H19ClFN3O2. The van der Waals surface area contributed by atoms with E-state index in [0.29, 0.717) is 35.1 Å². The summed E-state index contributed by atoms with van der Waals surface area (Å²) in [6.07, 6.45) is 2.15. The summed E-state index contributed by atoms with van der Waals surface area (Å²) in [6.45, 7) is 0.423. The molecule has 144 valence electrons. The van der Waals surface area contributed by atoms with Crippen molar-refractivity contribution in [2.24, 2.45) is 0 Å². The zero-order chi connectivity index (χ0) is 19.9. The SMILES string of the molecule is COc1ccc(Cl)cc1Nc1ccnc(C(=O)NCCc2ccc(F)cc2)c1. The van der Waals surface area contributed by atoms with Crippen LogP contribution >= 0.6 is 11.6 Å². The summed E-state index contributed by atoms with van der Waals surface area (Å²) >= 11 is 6.05. The minimum absolute atomic E-state index is 0.280. The molecule has 3 rings (SSSR count). The number of aromatic nitrogens is 1. The third-order valence-corrected chi connectivity index (χ3v) is 4.28. The Kier molecular flexibility index (Phi) is 6.45. The number of pyridine rings is 1. The lowest BCUT2D eigenvalue weighted by Crippen LogP contribution is -2.26. The molecule has 0 saturated carbocycles. The Morgan fingerprint density at radius 2 is 1.93 bits per heavy atom. The number of halogens is 2. The molecule has 0 atom stereocenters. The second kappa shape index (κ2) is 9.19. The Hall–Kier alpha value is -3.12. The first kappa shape index (κ1) is 19.6. The summed E-state index contributed by atoms with van der Waals surface area (Å²) in [5.74, 6) is 0.0629. The van der Waals surface area contributed by atoms with Gasteiger partial charge in [-0.2, -0.15) is 0 Å². The molecule has 0 aliphatic rings. The Balaban J connectivity index is 1.63. The quantitative estimate of drug-likeness (QED) is 0.609. The predicted octanol–water partition coefficient (Wildman–Crippen LogP) is 4.60. The highest BCUT2D eigenvalue weighted by molar-refractivity contribution is 6.31. The lowest BCUT2D eigenvalue weighted by atomic mass is 10.1. The van der Waals surface area contributed by atoms with E-state index in [1.54, 1.807) is 55.8 Å². The van der Waals surface area contributed by atoms with Crippen molar-refractivity contribution >= 4 is 28.9 Å². The molecule has 0 bridgehead atoms. The molecule has 0 aliphatic carbocycles. The van der Waals surface area contributed by atoms with Crippen molar-refractivity contribution in [2.45, 2.75) is 6.42 Å². The summed E-state index contributed by atoms with van der Waals surface area (Å²) in [4.78, 5) is 16.5. The Labute approximate surface area is 167 Å². The molecule has 2 aromatic carbocycles. The molecule has 5 nitrogen and oxygen atoms in total. The van der Waals surface area contributed by atoms with Crippen molar-refractivity contribution in [1.82, 2.24) is 10.3 Å². The number of ether oxygens (including phenoxy) is 1. The average molecular weight is 400 g/mol. The van der Waals surface area contributed by atoms with Crippen LogP contribution in [0.25, 0.3) is 0 Å². The maximum atomic E-state index is 12.9. The molecule has 0 saturated heterocycles. The van der Waals surface area contributed by atoms with Crippen LogP contribution in [0.5, 0.6) is 5.75 Å². The fourth-order valence-corrected chi connectivity index (χ4v) is 2.80. The maximum Gasteiger partial charge on any atom is 0.269 e. The number of benzene rings is 2. The van der Waals surface area contributed by atoms with Crippen molar-refractivity contribution in [1.29, 1.82) is 0 Å². The van der Waals surface area contributed by atoms with Crippen molar-refractivity contribution in [3.05, 3.63) is 82.9 Å². The summed E-state index contributed by atoms with van der Waals surface area (Å²) in [6, 6.07) is 14.8. The number of methoxy groups -OCH3 is 1. The Morgan fingerprint density at radius 1 is 1.14 bits per heavy atom. The van der Waals surface area contributed by atoms with Gasteiger partial charge in [0, 0.05) is 23.5 Å². The van der Waals surface area contributed by atoms with E-state index in [4.69, 9.17) is 16.3 Å². The van der Waals surface area contributed by atoms with Gasteiger partial charge < -0.3 is 15.4 Å². The Morgan fingerprint density at radius 3 is 2.68 bits per heavy atom. The van der Waals surface area contributed by atoms with Crippen LogP contribution < -0.4 is 15.4 Å². The summed E-state index contributed by atoms with van der Waals surface area (Å²) in [5, 5.41) is 6.56. The highest BCUT2D eigenvalue weighted by Crippen LogP contribution is 2.30. The monoisotopic (exact) mass is 399 g/mol. The number of hydrogen-bond donors (Lipinski definition) is 2. The fraction of sp³-hybridized carbons (Fsp3) is 0.143. The van der Waals surface area contributed by atoms with Gasteiger partial charge in [0.2, 0.25) is 0 Å². The molecule has 3 aromatic rings. The number of nitrogens with one attached hydrogen (secondary N) is 2. The van der Waals surface area contributed by atoms with Gasteiger partial charge in [0.1, 0.15) is 17.3 Å². The van der Waals surface area contributed by atoms with Crippen LogP contribution in [0.1, 0.15) is 16.1 Å². The predicted molar refractivity (Wildman–Crippen MR) is 108 cm³/mol. The first-order valence-corrected chi connectivity index (χ1v) is 9.02. The molecule has 0 radical (unpaired) electrons. The van der Waals surface area contributed by atoms with E-state index in [0.717, 1.165) is 5.56 Å². The molecule has 28 heavy (non-hydrogen) atoms. The van der Waals surface area contributed by atoms with Gasteiger partial charge in [0.05, 0.1) is 12.8 Å². The van der Waals surface area contributed by atoms with E-state index in [9.17, 15) is 9.18 Å². The van der Waals surface area contributed by atoms with Gasteiger partial charge in [-0.1, -0.05) is 23.7 Å². The van der Waals surface area contributed by atoms with Gasteiger partial charge in [-0.25, -0.2) is 4.39 Å². The highest BCUT2D eigenvalue weighted by Gasteiger charge is 2.09. The summed E-state index contributed by atoms with van der Waals surface area (Å²) < 4.78 is 18.2.